The summed E-state index contributed by atoms with van der Waals surface area (Å²) in [5, 5.41) is 20.4. The SMILES string of the molecule is CC1(C)CCC[C@@]2(C)CC=C(CO)[C@]3(O)C[C@]123. The van der Waals surface area contributed by atoms with Crippen molar-refractivity contribution in [1.29, 1.82) is 0 Å². The van der Waals surface area contributed by atoms with Crippen molar-refractivity contribution in [3.63, 3.8) is 0 Å². The average molecular weight is 236 g/mol. The van der Waals surface area contributed by atoms with Gasteiger partial charge in [-0.15, -0.1) is 0 Å². The fourth-order valence-electron chi connectivity index (χ4n) is 5.39. The summed E-state index contributed by atoms with van der Waals surface area (Å²) in [5.41, 5.74) is 0.590. The molecule has 0 aromatic carbocycles. The van der Waals surface area contributed by atoms with Crippen molar-refractivity contribution in [2.45, 2.75) is 58.5 Å². The molecule has 1 spiro atoms. The van der Waals surface area contributed by atoms with Crippen LogP contribution in [0.4, 0.5) is 0 Å². The van der Waals surface area contributed by atoms with Gasteiger partial charge in [-0.05, 0) is 42.1 Å². The highest BCUT2D eigenvalue weighted by molar-refractivity contribution is 5.44. The van der Waals surface area contributed by atoms with Crippen LogP contribution in [0.25, 0.3) is 0 Å². The highest BCUT2D eigenvalue weighted by Gasteiger charge is 2.81. The second kappa shape index (κ2) is 2.97. The molecule has 3 aliphatic carbocycles. The van der Waals surface area contributed by atoms with Crippen molar-refractivity contribution in [2.75, 3.05) is 6.61 Å². The Morgan fingerprint density at radius 2 is 1.94 bits per heavy atom. The minimum Gasteiger partial charge on any atom is -0.392 e. The lowest BCUT2D eigenvalue weighted by molar-refractivity contribution is -0.0824. The second-order valence-electron chi connectivity index (χ2n) is 7.33. The van der Waals surface area contributed by atoms with Crippen LogP contribution in [0.5, 0.6) is 0 Å². The van der Waals surface area contributed by atoms with Gasteiger partial charge in [-0.3, -0.25) is 0 Å². The number of rotatable bonds is 1. The van der Waals surface area contributed by atoms with Gasteiger partial charge in [0.15, 0.2) is 0 Å². The Balaban J connectivity index is 2.14. The van der Waals surface area contributed by atoms with E-state index >= 15 is 0 Å². The number of aliphatic hydroxyl groups is 2. The Bertz CT molecular complexity index is 398. The summed E-state index contributed by atoms with van der Waals surface area (Å²) in [6, 6.07) is 0. The van der Waals surface area contributed by atoms with E-state index < -0.39 is 5.60 Å². The van der Waals surface area contributed by atoms with Crippen LogP contribution in [0.3, 0.4) is 0 Å². The monoisotopic (exact) mass is 236 g/mol. The van der Waals surface area contributed by atoms with Gasteiger partial charge in [0.2, 0.25) is 0 Å². The van der Waals surface area contributed by atoms with Crippen molar-refractivity contribution in [3.8, 4) is 0 Å². The first-order valence-electron chi connectivity index (χ1n) is 6.86. The van der Waals surface area contributed by atoms with Crippen molar-refractivity contribution < 1.29 is 10.2 Å². The van der Waals surface area contributed by atoms with Gasteiger partial charge in [-0.2, -0.15) is 0 Å². The van der Waals surface area contributed by atoms with E-state index in [1.807, 2.05) is 0 Å². The van der Waals surface area contributed by atoms with Gasteiger partial charge < -0.3 is 10.2 Å². The number of hydrogen-bond acceptors (Lipinski definition) is 2. The molecule has 0 aliphatic heterocycles. The fourth-order valence-corrected chi connectivity index (χ4v) is 5.39. The van der Waals surface area contributed by atoms with E-state index in [4.69, 9.17) is 0 Å². The third-order valence-electron chi connectivity index (χ3n) is 6.32. The Morgan fingerprint density at radius 3 is 2.59 bits per heavy atom. The smallest absolute Gasteiger partial charge is 0.0953 e. The van der Waals surface area contributed by atoms with E-state index in [0.717, 1.165) is 18.4 Å². The largest absolute Gasteiger partial charge is 0.392 e. The number of aliphatic hydroxyl groups excluding tert-OH is 1. The van der Waals surface area contributed by atoms with E-state index in [2.05, 4.69) is 26.8 Å². The molecule has 2 nitrogen and oxygen atoms in total. The van der Waals surface area contributed by atoms with E-state index in [-0.39, 0.29) is 22.9 Å². The molecule has 96 valence electrons. The quantitative estimate of drug-likeness (QED) is 0.687. The maximum Gasteiger partial charge on any atom is 0.0953 e. The van der Waals surface area contributed by atoms with E-state index in [0.29, 0.717) is 0 Å². The molecule has 0 aromatic rings. The lowest BCUT2D eigenvalue weighted by Crippen LogP contribution is -2.51. The summed E-state index contributed by atoms with van der Waals surface area (Å²) in [4.78, 5) is 0. The molecule has 0 amide bonds. The highest BCUT2D eigenvalue weighted by Crippen LogP contribution is 2.82. The van der Waals surface area contributed by atoms with Crippen LogP contribution in [-0.4, -0.2) is 22.4 Å². The lowest BCUT2D eigenvalue weighted by atomic mass is 9.49. The van der Waals surface area contributed by atoms with Crippen LogP contribution in [0.1, 0.15) is 52.9 Å². The molecule has 0 unspecified atom stereocenters. The highest BCUT2D eigenvalue weighted by atomic mass is 16.3. The summed E-state index contributed by atoms with van der Waals surface area (Å²) in [6.45, 7) is 6.98. The summed E-state index contributed by atoms with van der Waals surface area (Å²) in [6.07, 6.45) is 7.67. The van der Waals surface area contributed by atoms with Gasteiger partial charge in [0, 0.05) is 5.41 Å². The summed E-state index contributed by atoms with van der Waals surface area (Å²) < 4.78 is 0. The van der Waals surface area contributed by atoms with Gasteiger partial charge in [0.05, 0.1) is 12.2 Å². The van der Waals surface area contributed by atoms with Gasteiger partial charge >= 0.3 is 0 Å². The van der Waals surface area contributed by atoms with Crippen LogP contribution in [0, 0.1) is 16.2 Å². The number of allylic oxidation sites excluding steroid dienone is 1. The van der Waals surface area contributed by atoms with E-state index in [1.54, 1.807) is 0 Å². The molecule has 3 rings (SSSR count). The van der Waals surface area contributed by atoms with Crippen molar-refractivity contribution >= 4 is 0 Å². The third kappa shape index (κ3) is 1.05. The summed E-state index contributed by atoms with van der Waals surface area (Å²) in [7, 11) is 0. The normalized spacial score (nSPS) is 51.2. The van der Waals surface area contributed by atoms with Crippen LogP contribution in [-0.2, 0) is 0 Å². The molecule has 2 fully saturated rings. The molecule has 0 aromatic heterocycles. The Kier molecular flexibility index (Phi) is 2.05. The van der Waals surface area contributed by atoms with Gasteiger partial charge in [0.25, 0.3) is 0 Å². The fraction of sp³-hybridized carbons (Fsp3) is 0.867. The maximum absolute atomic E-state index is 11.0. The van der Waals surface area contributed by atoms with E-state index in [9.17, 15) is 10.2 Å². The Hall–Kier alpha value is -0.340. The van der Waals surface area contributed by atoms with Gasteiger partial charge in [0.1, 0.15) is 0 Å². The molecule has 2 heteroatoms. The predicted octanol–water partition coefficient (Wildman–Crippen LogP) is 2.65. The predicted molar refractivity (Wildman–Crippen MR) is 67.5 cm³/mol. The molecule has 3 atom stereocenters. The minimum atomic E-state index is -0.710. The minimum absolute atomic E-state index is 0.0120. The standard InChI is InChI=1S/C15H24O2/c1-12(2)6-4-7-13(3)8-5-11(9-16)14(17)10-15(12,13)14/h5,16-17H,4,6-10H2,1-3H3/t13-,14+,15-/m0/s1. The van der Waals surface area contributed by atoms with Crippen molar-refractivity contribution in [2.24, 2.45) is 16.2 Å². The molecule has 2 N–H and O–H groups in total. The van der Waals surface area contributed by atoms with Crippen molar-refractivity contribution in [1.82, 2.24) is 0 Å². The first-order chi connectivity index (χ1) is 7.83. The molecule has 2 saturated carbocycles. The maximum atomic E-state index is 11.0. The Labute approximate surface area is 104 Å². The summed E-state index contributed by atoms with van der Waals surface area (Å²) >= 11 is 0. The first-order valence-corrected chi connectivity index (χ1v) is 6.86. The molecular formula is C15H24O2. The number of hydrogen-bond donors (Lipinski definition) is 2. The van der Waals surface area contributed by atoms with Crippen molar-refractivity contribution in [3.05, 3.63) is 11.6 Å². The molecule has 0 saturated heterocycles. The zero-order chi connectivity index (χ0) is 12.5. The molecular weight excluding hydrogens is 212 g/mol. The topological polar surface area (TPSA) is 40.5 Å². The van der Waals surface area contributed by atoms with Crippen LogP contribution >= 0.6 is 0 Å². The van der Waals surface area contributed by atoms with Crippen LogP contribution in [0.2, 0.25) is 0 Å². The molecule has 17 heavy (non-hydrogen) atoms. The molecule has 0 heterocycles. The summed E-state index contributed by atoms with van der Waals surface area (Å²) in [5.74, 6) is 0. The van der Waals surface area contributed by atoms with Crippen LogP contribution in [0.15, 0.2) is 11.6 Å². The molecule has 3 aliphatic rings. The third-order valence-corrected chi connectivity index (χ3v) is 6.32. The zero-order valence-corrected chi connectivity index (χ0v) is 11.2. The second-order valence-corrected chi connectivity index (χ2v) is 7.33. The first kappa shape index (κ1) is 11.7. The van der Waals surface area contributed by atoms with Gasteiger partial charge in [-0.25, -0.2) is 0 Å². The lowest BCUT2D eigenvalue weighted by Gasteiger charge is -2.55. The molecule has 0 bridgehead atoms. The van der Waals surface area contributed by atoms with E-state index in [1.165, 1.54) is 19.3 Å². The van der Waals surface area contributed by atoms with Crippen LogP contribution < -0.4 is 0 Å². The Morgan fingerprint density at radius 1 is 1.24 bits per heavy atom. The zero-order valence-electron chi connectivity index (χ0n) is 11.2. The average Bonchev–Trinajstić information content (AvgIpc) is 2.88. The molecule has 0 radical (unpaired) electrons. The van der Waals surface area contributed by atoms with Gasteiger partial charge in [-0.1, -0.05) is 33.3 Å².